The molecule has 0 aromatic carbocycles. The Kier molecular flexibility index (Phi) is 3.30. The van der Waals surface area contributed by atoms with Crippen molar-refractivity contribution in [3.05, 3.63) is 30.1 Å². The molecule has 5 nitrogen and oxygen atoms in total. The molecule has 16 heavy (non-hydrogen) atoms. The number of nitrogens with zero attached hydrogens (tertiary/aromatic N) is 1. The lowest BCUT2D eigenvalue weighted by Crippen LogP contribution is -2.64. The monoisotopic (exact) mass is 223 g/mol. The van der Waals surface area contributed by atoms with E-state index in [0.717, 1.165) is 0 Å². The Morgan fingerprint density at radius 3 is 2.38 bits per heavy atom. The number of hydrogen-bond donors (Lipinski definition) is 3. The van der Waals surface area contributed by atoms with Gasteiger partial charge in [-0.25, -0.2) is 0 Å². The smallest absolute Gasteiger partial charge is 0.240 e. The van der Waals surface area contributed by atoms with Gasteiger partial charge in [0.25, 0.3) is 0 Å². The number of amides is 1. The first-order chi connectivity index (χ1) is 7.36. The van der Waals surface area contributed by atoms with Gasteiger partial charge in [-0.15, -0.1) is 0 Å². The predicted octanol–water partition coefficient (Wildman–Crippen LogP) is -0.118. The molecule has 1 aromatic rings. The summed E-state index contributed by atoms with van der Waals surface area (Å²) in [5, 5.41) is 10.4. The van der Waals surface area contributed by atoms with Crippen LogP contribution in [0.25, 0.3) is 0 Å². The predicted molar refractivity (Wildman–Crippen MR) is 60.2 cm³/mol. The van der Waals surface area contributed by atoms with Crippen molar-refractivity contribution >= 4 is 5.91 Å². The number of aromatic nitrogens is 1. The lowest BCUT2D eigenvalue weighted by Gasteiger charge is -2.39. The van der Waals surface area contributed by atoms with Gasteiger partial charge in [-0.1, -0.05) is 6.92 Å². The summed E-state index contributed by atoms with van der Waals surface area (Å²) >= 11 is 0. The van der Waals surface area contributed by atoms with E-state index in [2.05, 4.69) is 4.98 Å². The third kappa shape index (κ3) is 1.79. The molecule has 0 aliphatic carbocycles. The number of rotatable bonds is 4. The first-order valence-electron chi connectivity index (χ1n) is 5.08. The van der Waals surface area contributed by atoms with Gasteiger partial charge >= 0.3 is 0 Å². The number of pyridine rings is 1. The molecule has 1 aromatic heterocycles. The summed E-state index contributed by atoms with van der Waals surface area (Å²) in [6.07, 6.45) is 3.30. The van der Waals surface area contributed by atoms with Gasteiger partial charge in [0.2, 0.25) is 5.91 Å². The molecule has 2 atom stereocenters. The van der Waals surface area contributed by atoms with Crippen LogP contribution in [0.1, 0.15) is 25.8 Å². The van der Waals surface area contributed by atoms with Crippen LogP contribution in [0.3, 0.4) is 0 Å². The van der Waals surface area contributed by atoms with Crippen LogP contribution < -0.4 is 11.5 Å². The van der Waals surface area contributed by atoms with Crippen molar-refractivity contribution in [1.29, 1.82) is 0 Å². The van der Waals surface area contributed by atoms with Crippen LogP contribution in [0.2, 0.25) is 0 Å². The molecule has 1 amide bonds. The maximum Gasteiger partial charge on any atom is 0.240 e. The highest BCUT2D eigenvalue weighted by atomic mass is 16.3. The van der Waals surface area contributed by atoms with E-state index in [9.17, 15) is 9.90 Å². The van der Waals surface area contributed by atoms with E-state index in [1.54, 1.807) is 19.1 Å². The summed E-state index contributed by atoms with van der Waals surface area (Å²) in [5.41, 5.74) is 8.68. The first kappa shape index (κ1) is 12.6. The molecule has 2 unspecified atom stereocenters. The number of primary amides is 1. The zero-order valence-corrected chi connectivity index (χ0v) is 9.47. The molecule has 0 aliphatic rings. The zero-order chi connectivity index (χ0) is 12.4. The molecule has 1 rings (SSSR count). The summed E-state index contributed by atoms with van der Waals surface area (Å²) in [6.45, 7) is 3.19. The molecule has 0 saturated heterocycles. The standard InChI is InChI=1S/C11H17N3O2/c1-3-11(13,9(12)15)10(2,16)8-4-6-14-7-5-8/h4-7,16H,3,13H2,1-2H3,(H2,12,15). The summed E-state index contributed by atoms with van der Waals surface area (Å²) in [4.78, 5) is 15.2. The van der Waals surface area contributed by atoms with E-state index in [1.165, 1.54) is 19.3 Å². The molecule has 0 aliphatic heterocycles. The number of carbonyl (C=O) groups excluding carboxylic acids is 1. The average Bonchev–Trinajstić information content (AvgIpc) is 2.28. The van der Waals surface area contributed by atoms with E-state index >= 15 is 0 Å². The molecular formula is C11H17N3O2. The van der Waals surface area contributed by atoms with Crippen molar-refractivity contribution in [2.45, 2.75) is 31.4 Å². The highest BCUT2D eigenvalue weighted by Crippen LogP contribution is 2.32. The van der Waals surface area contributed by atoms with Crippen molar-refractivity contribution in [1.82, 2.24) is 4.98 Å². The minimum absolute atomic E-state index is 0.248. The van der Waals surface area contributed by atoms with Gasteiger partial charge in [-0.05, 0) is 31.0 Å². The van der Waals surface area contributed by atoms with E-state index in [4.69, 9.17) is 11.5 Å². The molecule has 0 spiro atoms. The minimum Gasteiger partial charge on any atom is -0.383 e. The van der Waals surface area contributed by atoms with Crippen LogP contribution in [0, 0.1) is 0 Å². The van der Waals surface area contributed by atoms with Gasteiger partial charge < -0.3 is 16.6 Å². The molecular weight excluding hydrogens is 206 g/mol. The van der Waals surface area contributed by atoms with Gasteiger partial charge in [0.15, 0.2) is 0 Å². The van der Waals surface area contributed by atoms with Crippen LogP contribution in [-0.2, 0) is 10.4 Å². The van der Waals surface area contributed by atoms with Gasteiger partial charge in [0.05, 0.1) is 0 Å². The lowest BCUT2D eigenvalue weighted by atomic mass is 9.75. The molecule has 1 heterocycles. The summed E-state index contributed by atoms with van der Waals surface area (Å²) in [6, 6.07) is 3.22. The molecule has 88 valence electrons. The minimum atomic E-state index is -1.52. The van der Waals surface area contributed by atoms with Crippen molar-refractivity contribution in [3.63, 3.8) is 0 Å². The molecule has 0 saturated carbocycles. The second kappa shape index (κ2) is 4.19. The van der Waals surface area contributed by atoms with Crippen molar-refractivity contribution in [3.8, 4) is 0 Å². The van der Waals surface area contributed by atoms with Gasteiger partial charge in [-0.2, -0.15) is 0 Å². The Bertz CT molecular complexity index is 378. The highest BCUT2D eigenvalue weighted by molar-refractivity contribution is 5.86. The van der Waals surface area contributed by atoms with Crippen LogP contribution in [0.5, 0.6) is 0 Å². The average molecular weight is 223 g/mol. The molecule has 5 heteroatoms. The Hall–Kier alpha value is -1.46. The fourth-order valence-corrected chi connectivity index (χ4v) is 1.69. The Morgan fingerprint density at radius 2 is 2.00 bits per heavy atom. The highest BCUT2D eigenvalue weighted by Gasteiger charge is 2.48. The van der Waals surface area contributed by atoms with Crippen molar-refractivity contribution in [2.75, 3.05) is 0 Å². The third-order valence-electron chi connectivity index (χ3n) is 3.11. The molecule has 0 radical (unpaired) electrons. The van der Waals surface area contributed by atoms with E-state index in [1.807, 2.05) is 0 Å². The van der Waals surface area contributed by atoms with Gasteiger partial charge in [-0.3, -0.25) is 9.78 Å². The number of aliphatic hydroxyl groups is 1. The second-order valence-electron chi connectivity index (χ2n) is 4.00. The summed E-state index contributed by atoms with van der Waals surface area (Å²) < 4.78 is 0. The summed E-state index contributed by atoms with van der Waals surface area (Å²) in [5.74, 6) is -0.725. The lowest BCUT2D eigenvalue weighted by molar-refractivity contribution is -0.134. The fourth-order valence-electron chi connectivity index (χ4n) is 1.69. The van der Waals surface area contributed by atoms with Gasteiger partial charge in [0, 0.05) is 12.4 Å². The van der Waals surface area contributed by atoms with Crippen LogP contribution in [0.15, 0.2) is 24.5 Å². The quantitative estimate of drug-likeness (QED) is 0.662. The van der Waals surface area contributed by atoms with Gasteiger partial charge in [0.1, 0.15) is 11.1 Å². The van der Waals surface area contributed by atoms with E-state index in [0.29, 0.717) is 5.56 Å². The van der Waals surface area contributed by atoms with Crippen LogP contribution in [-0.4, -0.2) is 21.5 Å². The Morgan fingerprint density at radius 1 is 1.50 bits per heavy atom. The summed E-state index contributed by atoms with van der Waals surface area (Å²) in [7, 11) is 0. The molecule has 0 fully saturated rings. The largest absolute Gasteiger partial charge is 0.383 e. The Balaban J connectivity index is 3.24. The van der Waals surface area contributed by atoms with Crippen molar-refractivity contribution < 1.29 is 9.90 Å². The van der Waals surface area contributed by atoms with Crippen molar-refractivity contribution in [2.24, 2.45) is 11.5 Å². The number of hydrogen-bond acceptors (Lipinski definition) is 4. The maximum absolute atomic E-state index is 11.4. The molecule has 5 N–H and O–H groups in total. The van der Waals surface area contributed by atoms with E-state index in [-0.39, 0.29) is 6.42 Å². The number of nitrogens with two attached hydrogens (primary N) is 2. The van der Waals surface area contributed by atoms with Crippen LogP contribution in [0.4, 0.5) is 0 Å². The van der Waals surface area contributed by atoms with Crippen LogP contribution >= 0.6 is 0 Å². The second-order valence-corrected chi connectivity index (χ2v) is 4.00. The zero-order valence-electron chi connectivity index (χ0n) is 9.47. The SMILES string of the molecule is CCC(N)(C(N)=O)C(C)(O)c1ccncc1. The molecule has 0 bridgehead atoms. The first-order valence-corrected chi connectivity index (χ1v) is 5.08. The fraction of sp³-hybridized carbons (Fsp3) is 0.455. The normalized spacial score (nSPS) is 18.5. The number of carbonyl (C=O) groups is 1. The topological polar surface area (TPSA) is 102 Å². The van der Waals surface area contributed by atoms with E-state index < -0.39 is 17.0 Å². The Labute approximate surface area is 94.5 Å². The third-order valence-corrected chi connectivity index (χ3v) is 3.11. The maximum atomic E-state index is 11.4.